The lowest BCUT2D eigenvalue weighted by Crippen LogP contribution is -2.08. The summed E-state index contributed by atoms with van der Waals surface area (Å²) in [4.78, 5) is 0. The van der Waals surface area contributed by atoms with E-state index in [0.717, 1.165) is 16.7 Å². The Morgan fingerprint density at radius 2 is 1.72 bits per heavy atom. The molecule has 2 aromatic carbocycles. The van der Waals surface area contributed by atoms with E-state index in [1.54, 1.807) is 6.07 Å². The smallest absolute Gasteiger partial charge is 0.0670 e. The molecule has 0 spiro atoms. The van der Waals surface area contributed by atoms with Crippen molar-refractivity contribution in [3.05, 3.63) is 65.0 Å². The number of benzene rings is 2. The first-order valence-corrected chi connectivity index (χ1v) is 6.48. The number of hydrogen-bond donors (Lipinski definition) is 1. The van der Waals surface area contributed by atoms with E-state index in [1.807, 2.05) is 36.4 Å². The molecule has 0 bridgehead atoms. The lowest BCUT2D eigenvalue weighted by atomic mass is 10.00. The van der Waals surface area contributed by atoms with Gasteiger partial charge >= 0.3 is 0 Å². The van der Waals surface area contributed by atoms with Crippen molar-refractivity contribution in [2.24, 2.45) is 5.73 Å². The number of halogens is 2. The first-order chi connectivity index (χ1) is 8.63. The van der Waals surface area contributed by atoms with E-state index in [2.05, 4.69) is 6.92 Å². The van der Waals surface area contributed by atoms with Gasteiger partial charge in [-0.3, -0.25) is 0 Å². The van der Waals surface area contributed by atoms with Crippen LogP contribution in [0.15, 0.2) is 42.5 Å². The lowest BCUT2D eigenvalue weighted by molar-refractivity contribution is 0.739. The fourth-order valence-electron chi connectivity index (χ4n) is 1.80. The second kappa shape index (κ2) is 5.75. The van der Waals surface area contributed by atoms with Crippen molar-refractivity contribution in [1.29, 1.82) is 0 Å². The molecule has 1 atom stereocenters. The Kier molecular flexibility index (Phi) is 4.28. The Balaban J connectivity index is 2.37. The second-order valence-electron chi connectivity index (χ2n) is 4.12. The molecule has 0 aliphatic heterocycles. The van der Waals surface area contributed by atoms with Crippen LogP contribution < -0.4 is 5.73 Å². The van der Waals surface area contributed by atoms with Crippen LogP contribution in [-0.2, 0) is 0 Å². The lowest BCUT2D eigenvalue weighted by Gasteiger charge is -2.11. The van der Waals surface area contributed by atoms with Crippen molar-refractivity contribution in [1.82, 2.24) is 0 Å². The Bertz CT molecular complexity index is 535. The highest BCUT2D eigenvalue weighted by molar-refractivity contribution is 6.43. The summed E-state index contributed by atoms with van der Waals surface area (Å²) >= 11 is 12.2. The van der Waals surface area contributed by atoms with Gasteiger partial charge in [-0.25, -0.2) is 0 Å². The third kappa shape index (κ3) is 2.69. The van der Waals surface area contributed by atoms with Gasteiger partial charge in [0, 0.05) is 11.6 Å². The summed E-state index contributed by atoms with van der Waals surface area (Å²) in [7, 11) is 0. The molecule has 0 aliphatic rings. The Labute approximate surface area is 118 Å². The summed E-state index contributed by atoms with van der Waals surface area (Å²) in [5.74, 6) is 0. The fraction of sp³-hybridized carbons (Fsp3) is 0.133. The standard InChI is InChI=1S/C15H14Cl2N/c1-2-14(18)11-8-6-10(7-9-11)12-4-3-5-13(16)15(12)17/h3-9,14H,1-2,18H2. The van der Waals surface area contributed by atoms with Gasteiger partial charge in [0.05, 0.1) is 10.0 Å². The van der Waals surface area contributed by atoms with Crippen molar-refractivity contribution in [2.45, 2.75) is 12.5 Å². The summed E-state index contributed by atoms with van der Waals surface area (Å²) < 4.78 is 0. The largest absolute Gasteiger partial charge is 0.324 e. The Hall–Kier alpha value is -1.02. The monoisotopic (exact) mass is 278 g/mol. The van der Waals surface area contributed by atoms with Crippen molar-refractivity contribution >= 4 is 23.2 Å². The first kappa shape index (κ1) is 13.4. The van der Waals surface area contributed by atoms with Crippen LogP contribution in [0, 0.1) is 6.92 Å². The highest BCUT2D eigenvalue weighted by Crippen LogP contribution is 2.33. The van der Waals surface area contributed by atoms with Crippen LogP contribution >= 0.6 is 23.2 Å². The summed E-state index contributed by atoms with van der Waals surface area (Å²) in [6.07, 6.45) is 0.678. The first-order valence-electron chi connectivity index (χ1n) is 5.72. The minimum atomic E-state index is -0.0196. The normalized spacial score (nSPS) is 12.4. The molecule has 1 nitrogen and oxygen atoms in total. The Morgan fingerprint density at radius 3 is 2.33 bits per heavy atom. The molecule has 18 heavy (non-hydrogen) atoms. The maximum Gasteiger partial charge on any atom is 0.0670 e. The zero-order valence-corrected chi connectivity index (χ0v) is 11.4. The maximum atomic E-state index is 6.19. The molecule has 0 amide bonds. The number of rotatable bonds is 3. The van der Waals surface area contributed by atoms with E-state index in [9.17, 15) is 0 Å². The van der Waals surface area contributed by atoms with Gasteiger partial charge in [0.25, 0.3) is 0 Å². The third-order valence-electron chi connectivity index (χ3n) is 2.91. The molecule has 3 heteroatoms. The molecule has 0 saturated carbocycles. The predicted molar refractivity (Wildman–Crippen MR) is 78.8 cm³/mol. The van der Waals surface area contributed by atoms with E-state index in [-0.39, 0.29) is 6.04 Å². The average molecular weight is 279 g/mol. The SMILES string of the molecule is [CH2]CC(N)c1ccc(-c2cccc(Cl)c2Cl)cc1. The van der Waals surface area contributed by atoms with E-state index in [1.165, 1.54) is 0 Å². The molecular formula is C15H14Cl2N. The van der Waals surface area contributed by atoms with Crippen LogP contribution in [0.4, 0.5) is 0 Å². The molecule has 0 fully saturated rings. The van der Waals surface area contributed by atoms with Crippen LogP contribution in [0.25, 0.3) is 11.1 Å². The topological polar surface area (TPSA) is 26.0 Å². The highest BCUT2D eigenvalue weighted by atomic mass is 35.5. The predicted octanol–water partition coefficient (Wildman–Crippen LogP) is 4.88. The zero-order valence-electron chi connectivity index (χ0n) is 9.87. The molecule has 2 N–H and O–H groups in total. The van der Waals surface area contributed by atoms with Crippen LogP contribution in [-0.4, -0.2) is 0 Å². The molecule has 2 aromatic rings. The van der Waals surface area contributed by atoms with Gasteiger partial charge in [0.2, 0.25) is 0 Å². The zero-order chi connectivity index (χ0) is 13.1. The van der Waals surface area contributed by atoms with Crippen LogP contribution in [0.1, 0.15) is 18.0 Å². The van der Waals surface area contributed by atoms with Crippen molar-refractivity contribution < 1.29 is 0 Å². The van der Waals surface area contributed by atoms with Gasteiger partial charge in [-0.05, 0) is 23.6 Å². The summed E-state index contributed by atoms with van der Waals surface area (Å²) in [5, 5.41) is 1.14. The maximum absolute atomic E-state index is 6.19. The van der Waals surface area contributed by atoms with E-state index in [0.29, 0.717) is 16.5 Å². The minimum Gasteiger partial charge on any atom is -0.324 e. The van der Waals surface area contributed by atoms with E-state index >= 15 is 0 Å². The van der Waals surface area contributed by atoms with Gasteiger partial charge in [0.15, 0.2) is 0 Å². The molecule has 93 valence electrons. The summed E-state index contributed by atoms with van der Waals surface area (Å²) in [6, 6.07) is 13.6. The minimum absolute atomic E-state index is 0.0196. The average Bonchev–Trinajstić information content (AvgIpc) is 2.41. The molecule has 0 heterocycles. The molecule has 0 aliphatic carbocycles. The van der Waals surface area contributed by atoms with Gasteiger partial charge < -0.3 is 5.73 Å². The fourth-order valence-corrected chi connectivity index (χ4v) is 2.21. The molecule has 1 unspecified atom stereocenters. The third-order valence-corrected chi connectivity index (χ3v) is 3.73. The van der Waals surface area contributed by atoms with Gasteiger partial charge in [-0.1, -0.05) is 66.5 Å². The van der Waals surface area contributed by atoms with Crippen LogP contribution in [0.3, 0.4) is 0 Å². The van der Waals surface area contributed by atoms with Gasteiger partial charge in [-0.2, -0.15) is 0 Å². The number of hydrogen-bond acceptors (Lipinski definition) is 1. The van der Waals surface area contributed by atoms with Gasteiger partial charge in [0.1, 0.15) is 0 Å². The van der Waals surface area contributed by atoms with Crippen LogP contribution in [0.2, 0.25) is 10.0 Å². The molecule has 0 saturated heterocycles. The van der Waals surface area contributed by atoms with E-state index < -0.39 is 0 Å². The van der Waals surface area contributed by atoms with Crippen LogP contribution in [0.5, 0.6) is 0 Å². The quantitative estimate of drug-likeness (QED) is 0.851. The molecular weight excluding hydrogens is 265 g/mol. The number of nitrogens with two attached hydrogens (primary N) is 1. The molecule has 2 rings (SSSR count). The molecule has 0 aromatic heterocycles. The molecule has 1 radical (unpaired) electrons. The van der Waals surface area contributed by atoms with Crippen molar-refractivity contribution in [3.8, 4) is 11.1 Å². The van der Waals surface area contributed by atoms with Crippen molar-refractivity contribution in [3.63, 3.8) is 0 Å². The Morgan fingerprint density at radius 1 is 1.06 bits per heavy atom. The second-order valence-corrected chi connectivity index (χ2v) is 4.90. The summed E-state index contributed by atoms with van der Waals surface area (Å²) in [6.45, 7) is 3.80. The highest BCUT2D eigenvalue weighted by Gasteiger charge is 2.08. The van der Waals surface area contributed by atoms with Crippen molar-refractivity contribution in [2.75, 3.05) is 0 Å². The van der Waals surface area contributed by atoms with Gasteiger partial charge in [-0.15, -0.1) is 0 Å². The summed E-state index contributed by atoms with van der Waals surface area (Å²) in [5.41, 5.74) is 8.96. The van der Waals surface area contributed by atoms with E-state index in [4.69, 9.17) is 28.9 Å².